The quantitative estimate of drug-likeness (QED) is 0.584. The number of benzene rings is 2. The Morgan fingerprint density at radius 2 is 1.85 bits per heavy atom. The number of anilines is 1. The van der Waals surface area contributed by atoms with Crippen LogP contribution in [-0.4, -0.2) is 11.5 Å². The highest BCUT2D eigenvalue weighted by atomic mass is 35.5. The van der Waals surface area contributed by atoms with Gasteiger partial charge in [-0.3, -0.25) is 0 Å². The summed E-state index contributed by atoms with van der Waals surface area (Å²) >= 11 is 5.88. The van der Waals surface area contributed by atoms with Gasteiger partial charge >= 0.3 is 0 Å². The van der Waals surface area contributed by atoms with Gasteiger partial charge in [0.05, 0.1) is 0 Å². The van der Waals surface area contributed by atoms with Crippen LogP contribution in [0.3, 0.4) is 0 Å². The molecule has 2 aromatic carbocycles. The molecule has 1 N–H and O–H groups in total. The van der Waals surface area contributed by atoms with Crippen molar-refractivity contribution in [1.29, 1.82) is 5.26 Å². The maximum atomic E-state index is 9.24. The summed E-state index contributed by atoms with van der Waals surface area (Å²) < 4.78 is 11.5. The molecule has 0 amide bonds. The number of ether oxygens (including phenoxy) is 1. The first-order valence-corrected chi connectivity index (χ1v) is 9.05. The average molecular weight is 382 g/mol. The van der Waals surface area contributed by atoms with Gasteiger partial charge in [0.2, 0.25) is 17.5 Å². The van der Waals surface area contributed by atoms with Crippen LogP contribution in [0, 0.1) is 17.2 Å². The van der Waals surface area contributed by atoms with E-state index in [1.807, 2.05) is 48.5 Å². The lowest BCUT2D eigenvalue weighted by molar-refractivity contribution is 0.306. The second-order valence-corrected chi connectivity index (χ2v) is 6.96. The van der Waals surface area contributed by atoms with Crippen molar-refractivity contribution < 1.29 is 9.15 Å². The van der Waals surface area contributed by atoms with Crippen LogP contribution in [0.5, 0.6) is 5.75 Å². The fraction of sp³-hybridized carbons (Fsp3) is 0.238. The van der Waals surface area contributed by atoms with Crippen LogP contribution in [0.4, 0.5) is 5.88 Å². The van der Waals surface area contributed by atoms with Crippen molar-refractivity contribution in [3.63, 3.8) is 0 Å². The van der Waals surface area contributed by atoms with E-state index in [0.717, 1.165) is 16.9 Å². The lowest BCUT2D eigenvalue weighted by Crippen LogP contribution is -2.08. The fourth-order valence-electron chi connectivity index (χ4n) is 2.38. The number of halogens is 1. The summed E-state index contributed by atoms with van der Waals surface area (Å²) in [5.41, 5.74) is 2.08. The van der Waals surface area contributed by atoms with Gasteiger partial charge in [-0.25, -0.2) is 0 Å². The number of nitriles is 1. The highest BCUT2D eigenvalue weighted by Gasteiger charge is 2.14. The summed E-state index contributed by atoms with van der Waals surface area (Å²) in [6, 6.07) is 17.0. The third-order valence-corrected chi connectivity index (χ3v) is 4.08. The summed E-state index contributed by atoms with van der Waals surface area (Å²) in [6.45, 7) is 5.33. The van der Waals surface area contributed by atoms with Gasteiger partial charge in [0.15, 0.2) is 0 Å². The van der Waals surface area contributed by atoms with Crippen molar-refractivity contribution in [2.75, 3.05) is 11.9 Å². The second-order valence-electron chi connectivity index (χ2n) is 6.52. The van der Waals surface area contributed by atoms with E-state index >= 15 is 0 Å². The van der Waals surface area contributed by atoms with Gasteiger partial charge < -0.3 is 14.5 Å². The Kier molecular flexibility index (Phi) is 6.00. The maximum Gasteiger partial charge on any atom is 0.232 e. The van der Waals surface area contributed by atoms with Gasteiger partial charge in [-0.05, 0) is 47.9 Å². The third-order valence-electron chi connectivity index (χ3n) is 3.82. The smallest absolute Gasteiger partial charge is 0.232 e. The highest BCUT2D eigenvalue weighted by Crippen LogP contribution is 2.27. The zero-order valence-corrected chi connectivity index (χ0v) is 16.0. The van der Waals surface area contributed by atoms with Crippen molar-refractivity contribution in [2.45, 2.75) is 20.5 Å². The molecule has 0 saturated heterocycles. The van der Waals surface area contributed by atoms with Gasteiger partial charge in [0.25, 0.3) is 0 Å². The molecule has 0 bridgehead atoms. The first kappa shape index (κ1) is 18.8. The minimum absolute atomic E-state index is 0.258. The summed E-state index contributed by atoms with van der Waals surface area (Å²) in [4.78, 5) is 4.26. The Morgan fingerprint density at radius 1 is 1.15 bits per heavy atom. The molecule has 1 aromatic heterocycles. The molecular weight excluding hydrogens is 362 g/mol. The van der Waals surface area contributed by atoms with E-state index in [4.69, 9.17) is 20.8 Å². The van der Waals surface area contributed by atoms with Gasteiger partial charge in [0.1, 0.15) is 18.4 Å². The van der Waals surface area contributed by atoms with Crippen LogP contribution >= 0.6 is 11.6 Å². The average Bonchev–Trinajstić information content (AvgIpc) is 3.09. The fourth-order valence-corrected chi connectivity index (χ4v) is 2.50. The Balaban J connectivity index is 1.68. The van der Waals surface area contributed by atoms with Crippen molar-refractivity contribution in [2.24, 2.45) is 5.92 Å². The largest absolute Gasteiger partial charge is 0.489 e. The Labute approximate surface area is 163 Å². The molecule has 0 aliphatic rings. The number of hydrogen-bond donors (Lipinski definition) is 1. The van der Waals surface area contributed by atoms with Crippen molar-refractivity contribution in [3.05, 3.63) is 64.8 Å². The van der Waals surface area contributed by atoms with Gasteiger partial charge in [-0.15, -0.1) is 0 Å². The molecule has 3 aromatic rings. The van der Waals surface area contributed by atoms with E-state index in [2.05, 4.69) is 30.2 Å². The first-order valence-electron chi connectivity index (χ1n) is 8.67. The number of rotatable bonds is 7. The molecule has 0 unspecified atom stereocenters. The van der Waals surface area contributed by atoms with Gasteiger partial charge in [0, 0.05) is 17.1 Å². The topological polar surface area (TPSA) is 71.1 Å². The predicted molar refractivity (Wildman–Crippen MR) is 106 cm³/mol. The summed E-state index contributed by atoms with van der Waals surface area (Å²) in [5.74, 6) is 1.98. The molecule has 0 atom stereocenters. The molecule has 0 radical (unpaired) electrons. The molecule has 138 valence electrons. The van der Waals surface area contributed by atoms with E-state index in [1.165, 1.54) is 0 Å². The molecule has 0 spiro atoms. The van der Waals surface area contributed by atoms with Crippen molar-refractivity contribution >= 4 is 17.5 Å². The zero-order chi connectivity index (χ0) is 19.2. The Hall–Kier alpha value is -2.97. The lowest BCUT2D eigenvalue weighted by atomic mass is 10.2. The van der Waals surface area contributed by atoms with Gasteiger partial charge in [-0.1, -0.05) is 37.6 Å². The number of nitrogens with zero attached hydrogens (tertiary/aromatic N) is 2. The van der Waals surface area contributed by atoms with Crippen LogP contribution in [0.2, 0.25) is 5.02 Å². The number of oxazole rings is 1. The van der Waals surface area contributed by atoms with Crippen LogP contribution in [-0.2, 0) is 6.61 Å². The minimum Gasteiger partial charge on any atom is -0.489 e. The molecule has 0 saturated carbocycles. The number of nitrogens with one attached hydrogen (secondary N) is 1. The molecule has 0 fully saturated rings. The summed E-state index contributed by atoms with van der Waals surface area (Å²) in [6.07, 6.45) is 0. The monoisotopic (exact) mass is 381 g/mol. The summed E-state index contributed by atoms with van der Waals surface area (Å²) in [7, 11) is 0. The molecule has 0 aliphatic heterocycles. The molecule has 6 heteroatoms. The second kappa shape index (κ2) is 8.61. The number of aromatic nitrogens is 1. The van der Waals surface area contributed by atoms with E-state index in [0.29, 0.717) is 35.9 Å². The van der Waals surface area contributed by atoms with Crippen molar-refractivity contribution in [3.8, 4) is 23.3 Å². The SMILES string of the molecule is CC(C)CNc1oc(-c2ccc(OCc3ccc(Cl)cc3)cc2)nc1C#N. The van der Waals surface area contributed by atoms with Crippen LogP contribution in [0.1, 0.15) is 25.1 Å². The van der Waals surface area contributed by atoms with Crippen molar-refractivity contribution in [1.82, 2.24) is 4.98 Å². The molecule has 5 nitrogen and oxygen atoms in total. The molecule has 0 aliphatic carbocycles. The number of hydrogen-bond acceptors (Lipinski definition) is 5. The summed E-state index contributed by atoms with van der Waals surface area (Å²) in [5, 5.41) is 13.1. The van der Waals surface area contributed by atoms with E-state index in [-0.39, 0.29) is 5.69 Å². The van der Waals surface area contributed by atoms with Crippen LogP contribution in [0.25, 0.3) is 11.5 Å². The molecular formula is C21H20ClN3O2. The Bertz CT molecular complexity index is 926. The molecule has 27 heavy (non-hydrogen) atoms. The van der Waals surface area contributed by atoms with E-state index < -0.39 is 0 Å². The standard InChI is InChI=1S/C21H20ClN3O2/c1-14(2)12-24-21-19(11-23)25-20(27-21)16-5-9-18(10-6-16)26-13-15-3-7-17(22)8-4-15/h3-10,14,24H,12-13H2,1-2H3. The predicted octanol–water partition coefficient (Wildman–Crippen LogP) is 5.51. The van der Waals surface area contributed by atoms with Crippen LogP contribution < -0.4 is 10.1 Å². The Morgan fingerprint density at radius 3 is 2.48 bits per heavy atom. The lowest BCUT2D eigenvalue weighted by Gasteiger charge is -2.07. The minimum atomic E-state index is 0.258. The van der Waals surface area contributed by atoms with E-state index in [9.17, 15) is 5.26 Å². The highest BCUT2D eigenvalue weighted by molar-refractivity contribution is 6.30. The molecule has 1 heterocycles. The maximum absolute atomic E-state index is 9.24. The molecule has 3 rings (SSSR count). The van der Waals surface area contributed by atoms with Gasteiger partial charge in [-0.2, -0.15) is 10.2 Å². The normalized spacial score (nSPS) is 10.6. The third kappa shape index (κ3) is 5.02. The van der Waals surface area contributed by atoms with Crippen LogP contribution in [0.15, 0.2) is 52.9 Å². The zero-order valence-electron chi connectivity index (χ0n) is 15.2. The first-order chi connectivity index (χ1) is 13.0. The van der Waals surface area contributed by atoms with E-state index in [1.54, 1.807) is 0 Å².